The molecule has 0 fully saturated rings. The summed E-state index contributed by atoms with van der Waals surface area (Å²) in [5.74, 6) is 1.11. The molecule has 0 unspecified atom stereocenters. The second kappa shape index (κ2) is 4.38. The molecule has 0 aliphatic carbocycles. The summed E-state index contributed by atoms with van der Waals surface area (Å²) in [5.41, 5.74) is 1.67. The van der Waals surface area contributed by atoms with E-state index in [4.69, 9.17) is 4.52 Å². The Bertz CT molecular complexity index is 781. The number of aromatic nitrogens is 4. The van der Waals surface area contributed by atoms with Gasteiger partial charge < -0.3 is 4.52 Å². The third-order valence-corrected chi connectivity index (χ3v) is 3.17. The molecule has 0 amide bonds. The summed E-state index contributed by atoms with van der Waals surface area (Å²) < 4.78 is 8.40. The van der Waals surface area contributed by atoms with E-state index in [1.807, 2.05) is 31.2 Å². The average Bonchev–Trinajstić information content (AvgIpc) is 2.99. The van der Waals surface area contributed by atoms with E-state index >= 15 is 0 Å². The Hall–Kier alpha value is -2.37. The van der Waals surface area contributed by atoms with Crippen molar-refractivity contribution in [1.29, 1.82) is 0 Å². The predicted octanol–water partition coefficient (Wildman–Crippen LogP) is 1.33. The van der Waals surface area contributed by atoms with E-state index < -0.39 is 0 Å². The van der Waals surface area contributed by atoms with Gasteiger partial charge in [-0.15, -0.1) is 0 Å². The first-order valence-electron chi connectivity index (χ1n) is 6.16. The Kier molecular flexibility index (Phi) is 2.70. The second-order valence-corrected chi connectivity index (χ2v) is 4.37. The molecule has 6 heteroatoms. The summed E-state index contributed by atoms with van der Waals surface area (Å²) in [7, 11) is 1.76. The molecule has 6 nitrogen and oxygen atoms in total. The molecular formula is C13H14N4O2. The van der Waals surface area contributed by atoms with Crippen LogP contribution in [0.15, 0.2) is 33.6 Å². The van der Waals surface area contributed by atoms with Crippen molar-refractivity contribution >= 4 is 11.0 Å². The van der Waals surface area contributed by atoms with Crippen LogP contribution in [0.3, 0.4) is 0 Å². The molecule has 0 N–H and O–H groups in total. The van der Waals surface area contributed by atoms with Gasteiger partial charge >= 0.3 is 5.69 Å². The van der Waals surface area contributed by atoms with Crippen LogP contribution in [0.4, 0.5) is 0 Å². The highest BCUT2D eigenvalue weighted by molar-refractivity contribution is 5.75. The van der Waals surface area contributed by atoms with Gasteiger partial charge in [0, 0.05) is 13.5 Å². The Labute approximate surface area is 109 Å². The lowest BCUT2D eigenvalue weighted by Crippen LogP contribution is -2.22. The van der Waals surface area contributed by atoms with E-state index in [0.717, 1.165) is 11.0 Å². The molecule has 0 aliphatic rings. The first kappa shape index (κ1) is 11.7. The zero-order valence-electron chi connectivity index (χ0n) is 10.8. The van der Waals surface area contributed by atoms with Gasteiger partial charge in [-0.25, -0.2) is 4.79 Å². The van der Waals surface area contributed by atoms with Crippen LogP contribution in [0.2, 0.25) is 0 Å². The highest BCUT2D eigenvalue weighted by atomic mass is 16.5. The van der Waals surface area contributed by atoms with Crippen LogP contribution in [-0.4, -0.2) is 19.3 Å². The third kappa shape index (κ3) is 1.85. The number of hydrogen-bond acceptors (Lipinski definition) is 4. The molecule has 0 atom stereocenters. The molecule has 0 saturated heterocycles. The molecular weight excluding hydrogens is 244 g/mol. The summed E-state index contributed by atoms with van der Waals surface area (Å²) in [6.45, 7) is 2.26. The molecule has 1 aromatic carbocycles. The van der Waals surface area contributed by atoms with E-state index in [1.54, 1.807) is 16.2 Å². The number of hydrogen-bond donors (Lipinski definition) is 0. The van der Waals surface area contributed by atoms with Crippen LogP contribution >= 0.6 is 0 Å². The van der Waals surface area contributed by atoms with Crippen LogP contribution in [0.5, 0.6) is 0 Å². The third-order valence-electron chi connectivity index (χ3n) is 3.17. The minimum Gasteiger partial charge on any atom is -0.337 e. The summed E-state index contributed by atoms with van der Waals surface area (Å²) in [5, 5.41) is 3.84. The van der Waals surface area contributed by atoms with Crippen LogP contribution in [-0.2, 0) is 20.0 Å². The van der Waals surface area contributed by atoms with Gasteiger partial charge in [-0.05, 0) is 12.1 Å². The molecule has 2 aromatic heterocycles. The van der Waals surface area contributed by atoms with Gasteiger partial charge in [-0.3, -0.25) is 9.13 Å². The number of aryl methyl sites for hydroxylation is 2. The lowest BCUT2D eigenvalue weighted by atomic mass is 10.3. The van der Waals surface area contributed by atoms with E-state index in [1.165, 1.54) is 0 Å². The SMILES string of the molecule is CCc1noc(Cn2c(=O)n(C)c3ccccc32)n1. The van der Waals surface area contributed by atoms with Gasteiger partial charge in [0.15, 0.2) is 5.82 Å². The van der Waals surface area contributed by atoms with Crippen LogP contribution in [0.25, 0.3) is 11.0 Å². The summed E-state index contributed by atoms with van der Waals surface area (Å²) in [6, 6.07) is 7.64. The molecule has 2 heterocycles. The molecule has 19 heavy (non-hydrogen) atoms. The topological polar surface area (TPSA) is 65.8 Å². The highest BCUT2D eigenvalue weighted by Gasteiger charge is 2.13. The maximum atomic E-state index is 12.2. The lowest BCUT2D eigenvalue weighted by molar-refractivity contribution is 0.366. The van der Waals surface area contributed by atoms with Crippen LogP contribution in [0, 0.1) is 0 Å². The summed E-state index contributed by atoms with van der Waals surface area (Å²) in [4.78, 5) is 16.4. The molecule has 0 saturated carbocycles. The van der Waals surface area contributed by atoms with E-state index in [9.17, 15) is 4.79 Å². The number of nitrogens with zero attached hydrogens (tertiary/aromatic N) is 4. The lowest BCUT2D eigenvalue weighted by Gasteiger charge is -1.97. The smallest absolute Gasteiger partial charge is 0.329 e. The predicted molar refractivity (Wildman–Crippen MR) is 70.0 cm³/mol. The van der Waals surface area contributed by atoms with Crippen molar-refractivity contribution in [2.45, 2.75) is 19.9 Å². The maximum Gasteiger partial charge on any atom is 0.329 e. The number of imidazole rings is 1. The summed E-state index contributed by atoms with van der Waals surface area (Å²) >= 11 is 0. The van der Waals surface area contributed by atoms with Gasteiger partial charge in [0.25, 0.3) is 0 Å². The number of benzene rings is 1. The van der Waals surface area contributed by atoms with Crippen molar-refractivity contribution < 1.29 is 4.52 Å². The van der Waals surface area contributed by atoms with Crippen molar-refractivity contribution in [3.8, 4) is 0 Å². The normalized spacial score (nSPS) is 11.3. The Morgan fingerprint density at radius 1 is 1.26 bits per heavy atom. The van der Waals surface area contributed by atoms with Crippen molar-refractivity contribution in [3.63, 3.8) is 0 Å². The summed E-state index contributed by atoms with van der Waals surface area (Å²) in [6.07, 6.45) is 0.716. The quantitative estimate of drug-likeness (QED) is 0.711. The van der Waals surface area contributed by atoms with Gasteiger partial charge in [0.2, 0.25) is 5.89 Å². The fraction of sp³-hybridized carbons (Fsp3) is 0.308. The monoisotopic (exact) mass is 258 g/mol. The van der Waals surface area contributed by atoms with E-state index in [-0.39, 0.29) is 5.69 Å². The van der Waals surface area contributed by atoms with Crippen molar-refractivity contribution in [3.05, 3.63) is 46.5 Å². The molecule has 0 aliphatic heterocycles. The number of para-hydroxylation sites is 2. The molecule has 0 spiro atoms. The van der Waals surface area contributed by atoms with Gasteiger partial charge in [0.1, 0.15) is 6.54 Å². The van der Waals surface area contributed by atoms with Crippen molar-refractivity contribution in [2.24, 2.45) is 7.05 Å². The first-order valence-corrected chi connectivity index (χ1v) is 6.16. The van der Waals surface area contributed by atoms with Crippen LogP contribution in [0.1, 0.15) is 18.6 Å². The molecule has 0 radical (unpaired) electrons. The Morgan fingerprint density at radius 3 is 2.68 bits per heavy atom. The van der Waals surface area contributed by atoms with E-state index in [2.05, 4.69) is 10.1 Å². The van der Waals surface area contributed by atoms with Gasteiger partial charge in [0.05, 0.1) is 11.0 Å². The second-order valence-electron chi connectivity index (χ2n) is 4.37. The standard InChI is InChI=1S/C13H14N4O2/c1-3-11-14-12(19-15-11)8-17-10-7-5-4-6-9(10)16(2)13(17)18/h4-7H,3,8H2,1-2H3. The highest BCUT2D eigenvalue weighted by Crippen LogP contribution is 2.12. The van der Waals surface area contributed by atoms with Crippen LogP contribution < -0.4 is 5.69 Å². The molecule has 0 bridgehead atoms. The average molecular weight is 258 g/mol. The zero-order chi connectivity index (χ0) is 13.4. The minimum atomic E-state index is -0.0857. The minimum absolute atomic E-state index is 0.0857. The number of fused-ring (bicyclic) bond motifs is 1. The molecule has 3 aromatic rings. The largest absolute Gasteiger partial charge is 0.337 e. The fourth-order valence-corrected chi connectivity index (χ4v) is 2.15. The van der Waals surface area contributed by atoms with Crippen molar-refractivity contribution in [1.82, 2.24) is 19.3 Å². The number of rotatable bonds is 3. The molecule has 98 valence electrons. The van der Waals surface area contributed by atoms with Gasteiger partial charge in [-0.2, -0.15) is 4.98 Å². The Morgan fingerprint density at radius 2 is 2.00 bits per heavy atom. The maximum absolute atomic E-state index is 12.2. The fourth-order valence-electron chi connectivity index (χ4n) is 2.15. The Balaban J connectivity index is 2.10. The first-order chi connectivity index (χ1) is 9.20. The molecule has 3 rings (SSSR count). The zero-order valence-corrected chi connectivity index (χ0v) is 10.8. The van der Waals surface area contributed by atoms with Crippen molar-refractivity contribution in [2.75, 3.05) is 0 Å². The van der Waals surface area contributed by atoms with E-state index in [0.29, 0.717) is 24.7 Å². The van der Waals surface area contributed by atoms with Gasteiger partial charge in [-0.1, -0.05) is 24.2 Å².